The molecule has 3 amide bonds. The molecule has 1 aromatic carbocycles. The van der Waals surface area contributed by atoms with E-state index in [2.05, 4.69) is 0 Å². The maximum absolute atomic E-state index is 13.9. The van der Waals surface area contributed by atoms with Gasteiger partial charge in [0.1, 0.15) is 16.4 Å². The van der Waals surface area contributed by atoms with E-state index >= 15 is 0 Å². The van der Waals surface area contributed by atoms with Crippen molar-refractivity contribution in [1.29, 1.82) is 0 Å². The minimum absolute atomic E-state index is 0.103. The molecule has 1 aromatic rings. The number of thioether (sulfide) groups is 2. The predicted octanol–water partition coefficient (Wildman–Crippen LogP) is 4.06. The smallest absolute Gasteiger partial charge is 0.346 e. The molecule has 0 N–H and O–H groups in total. The van der Waals surface area contributed by atoms with Crippen molar-refractivity contribution in [1.82, 2.24) is 4.90 Å². The zero-order valence-corrected chi connectivity index (χ0v) is 24.9. The molecule has 2 fully saturated rings. The molecular weight excluding hydrogens is 573 g/mol. The van der Waals surface area contributed by atoms with Crippen LogP contribution in [0.15, 0.2) is 38.3 Å². The summed E-state index contributed by atoms with van der Waals surface area (Å²) in [5.74, 6) is -2.98. The summed E-state index contributed by atoms with van der Waals surface area (Å²) < 4.78 is 10.4. The second-order valence-electron chi connectivity index (χ2n) is 10.4. The number of carbonyl (C=O) groups excluding carboxylic acids is 5. The number of anilines is 1. The van der Waals surface area contributed by atoms with E-state index in [0.29, 0.717) is 38.8 Å². The number of amides is 3. The number of methoxy groups -OCH3 is 2. The number of hydrogen-bond acceptors (Lipinski definition) is 10. The van der Waals surface area contributed by atoms with Gasteiger partial charge in [-0.2, -0.15) is 0 Å². The maximum atomic E-state index is 13.9. The summed E-state index contributed by atoms with van der Waals surface area (Å²) >= 11 is 8.12. The summed E-state index contributed by atoms with van der Waals surface area (Å²) in [4.78, 5) is 68.4. The molecule has 0 unspecified atom stereocenters. The van der Waals surface area contributed by atoms with E-state index in [1.165, 1.54) is 14.2 Å². The Hall–Kier alpha value is -2.96. The van der Waals surface area contributed by atoms with Crippen molar-refractivity contribution in [3.8, 4) is 0 Å². The number of fused-ring (bicyclic) bond motifs is 2. The van der Waals surface area contributed by atoms with Gasteiger partial charge in [-0.05, 0) is 32.8 Å². The molecule has 3 heterocycles. The normalized spacial score (nSPS) is 23.9. The van der Waals surface area contributed by atoms with E-state index in [-0.39, 0.29) is 40.0 Å². The zero-order valence-electron chi connectivity index (χ0n) is 22.5. The van der Waals surface area contributed by atoms with Gasteiger partial charge in [-0.15, -0.1) is 0 Å². The van der Waals surface area contributed by atoms with Crippen LogP contribution in [0, 0.1) is 11.8 Å². The lowest BCUT2D eigenvalue weighted by atomic mass is 9.81. The van der Waals surface area contributed by atoms with Crippen LogP contribution in [-0.2, 0) is 33.4 Å². The first-order valence-electron chi connectivity index (χ1n) is 12.9. The van der Waals surface area contributed by atoms with Crippen LogP contribution in [0.5, 0.6) is 0 Å². The van der Waals surface area contributed by atoms with Crippen LogP contribution in [0.2, 0.25) is 0 Å². The standard InChI is InChI=1S/C28H28N2O7S3/c1-28(2)22(38)19(27-39-20(25(34)36-3)21(40-27)26(35)37-4)16-11-7-8-12-17(16)30(28)18(31)13-29-23(32)14-9-5-6-10-15(14)24(29)33/h7-8,11-12,14-15H,5-6,9-10,13H2,1-4H3/t14-,15-/m1/s1. The van der Waals surface area contributed by atoms with Gasteiger partial charge in [-0.3, -0.25) is 24.2 Å². The van der Waals surface area contributed by atoms with E-state index in [0.717, 1.165) is 41.3 Å². The fourth-order valence-electron chi connectivity index (χ4n) is 5.81. The Balaban J connectivity index is 1.53. The van der Waals surface area contributed by atoms with Gasteiger partial charge >= 0.3 is 11.9 Å². The molecule has 1 saturated heterocycles. The Kier molecular flexibility index (Phi) is 7.71. The summed E-state index contributed by atoms with van der Waals surface area (Å²) in [6.45, 7) is 3.25. The average Bonchev–Trinajstić information content (AvgIpc) is 3.48. The Morgan fingerprint density at radius 1 is 0.950 bits per heavy atom. The number of benzene rings is 1. The number of hydrogen-bond donors (Lipinski definition) is 0. The molecule has 210 valence electrons. The molecule has 3 aliphatic heterocycles. The van der Waals surface area contributed by atoms with Crippen molar-refractivity contribution >= 4 is 81.5 Å². The van der Waals surface area contributed by atoms with Crippen molar-refractivity contribution in [3.63, 3.8) is 0 Å². The molecule has 0 aromatic heterocycles. The van der Waals surface area contributed by atoms with E-state index in [1.807, 2.05) is 6.07 Å². The molecule has 2 atom stereocenters. The van der Waals surface area contributed by atoms with Crippen LogP contribution in [0.4, 0.5) is 5.69 Å². The number of imide groups is 1. The first-order chi connectivity index (χ1) is 19.0. The number of rotatable bonds is 4. The number of ether oxygens (including phenoxy) is 2. The fourth-order valence-corrected chi connectivity index (χ4v) is 8.84. The van der Waals surface area contributed by atoms with Crippen LogP contribution in [0.1, 0.15) is 45.1 Å². The van der Waals surface area contributed by atoms with Crippen molar-refractivity contribution in [2.75, 3.05) is 25.7 Å². The number of likely N-dealkylation sites (tertiary alicyclic amines) is 1. The molecule has 0 spiro atoms. The Labute approximate surface area is 245 Å². The lowest BCUT2D eigenvalue weighted by Crippen LogP contribution is -2.58. The number of thiocarbonyl (C=S) groups is 1. The van der Waals surface area contributed by atoms with E-state index in [9.17, 15) is 24.0 Å². The van der Waals surface area contributed by atoms with Gasteiger partial charge in [0.25, 0.3) is 0 Å². The van der Waals surface area contributed by atoms with E-state index < -0.39 is 23.4 Å². The van der Waals surface area contributed by atoms with Crippen LogP contribution >= 0.6 is 35.7 Å². The summed E-state index contributed by atoms with van der Waals surface area (Å²) in [7, 11) is 2.47. The Bertz CT molecular complexity index is 1380. The molecule has 1 aliphatic carbocycles. The number of esters is 2. The topological polar surface area (TPSA) is 110 Å². The van der Waals surface area contributed by atoms with Crippen molar-refractivity contribution in [3.05, 3.63) is 43.9 Å². The summed E-state index contributed by atoms with van der Waals surface area (Å²) in [6, 6.07) is 7.20. The fraction of sp³-hybridized carbons (Fsp3) is 0.429. The highest BCUT2D eigenvalue weighted by molar-refractivity contribution is 8.29. The highest BCUT2D eigenvalue weighted by Crippen LogP contribution is 2.56. The van der Waals surface area contributed by atoms with Crippen LogP contribution in [-0.4, -0.2) is 65.7 Å². The Morgan fingerprint density at radius 2 is 1.48 bits per heavy atom. The average molecular weight is 601 g/mol. The molecule has 40 heavy (non-hydrogen) atoms. The molecular formula is C28H28N2O7S3. The van der Waals surface area contributed by atoms with Crippen LogP contribution in [0.25, 0.3) is 5.57 Å². The van der Waals surface area contributed by atoms with Crippen LogP contribution in [0.3, 0.4) is 0 Å². The minimum Gasteiger partial charge on any atom is -0.465 e. The molecule has 0 bridgehead atoms. The second kappa shape index (κ2) is 10.8. The molecule has 9 nitrogen and oxygen atoms in total. The summed E-state index contributed by atoms with van der Waals surface area (Å²) in [5, 5.41) is 0. The van der Waals surface area contributed by atoms with Gasteiger partial charge in [0.2, 0.25) is 17.7 Å². The minimum atomic E-state index is -1.04. The van der Waals surface area contributed by atoms with E-state index in [1.54, 1.807) is 36.9 Å². The largest absolute Gasteiger partial charge is 0.465 e. The monoisotopic (exact) mass is 600 g/mol. The lowest BCUT2D eigenvalue weighted by molar-refractivity contribution is -0.143. The predicted molar refractivity (Wildman–Crippen MR) is 156 cm³/mol. The highest BCUT2D eigenvalue weighted by atomic mass is 32.2. The number of carbonyl (C=O) groups is 5. The Morgan fingerprint density at radius 3 is 2.00 bits per heavy atom. The van der Waals surface area contributed by atoms with Crippen LogP contribution < -0.4 is 4.90 Å². The lowest BCUT2D eigenvalue weighted by Gasteiger charge is -2.45. The third-order valence-corrected chi connectivity index (χ3v) is 11.0. The first kappa shape index (κ1) is 28.6. The second-order valence-corrected chi connectivity index (χ2v) is 13.1. The first-order valence-corrected chi connectivity index (χ1v) is 14.9. The van der Waals surface area contributed by atoms with Gasteiger partial charge in [0.05, 0.1) is 46.4 Å². The molecule has 5 rings (SSSR count). The summed E-state index contributed by atoms with van der Waals surface area (Å²) in [5.41, 5.74) is 0.771. The SMILES string of the molecule is COC(=O)C1=C(C(=O)OC)SC(=C2C(=S)C(C)(C)N(C(=O)CN3C(=O)[C@@H]4CCCC[C@H]4C3=O)c3ccccc32)S1. The number of para-hydroxylation sites is 1. The van der Waals surface area contributed by atoms with Crippen molar-refractivity contribution in [2.45, 2.75) is 45.1 Å². The molecule has 1 saturated carbocycles. The van der Waals surface area contributed by atoms with Gasteiger partial charge < -0.3 is 9.47 Å². The summed E-state index contributed by atoms with van der Waals surface area (Å²) in [6.07, 6.45) is 3.15. The highest BCUT2D eigenvalue weighted by Gasteiger charge is 2.51. The van der Waals surface area contributed by atoms with Gasteiger partial charge in [-0.1, -0.05) is 66.8 Å². The van der Waals surface area contributed by atoms with Gasteiger partial charge in [0, 0.05) is 11.1 Å². The van der Waals surface area contributed by atoms with Crippen molar-refractivity contribution < 1.29 is 33.4 Å². The number of nitrogens with zero attached hydrogens (tertiary/aromatic N) is 2. The van der Waals surface area contributed by atoms with E-state index in [4.69, 9.17) is 21.7 Å². The third-order valence-electron chi connectivity index (χ3n) is 7.77. The molecule has 4 aliphatic rings. The quantitative estimate of drug-likeness (QED) is 0.217. The van der Waals surface area contributed by atoms with Crippen molar-refractivity contribution in [2.24, 2.45) is 11.8 Å². The molecule has 12 heteroatoms. The zero-order chi connectivity index (χ0) is 28.9. The third kappa shape index (κ3) is 4.50. The van der Waals surface area contributed by atoms with Gasteiger partial charge in [-0.25, -0.2) is 9.59 Å². The van der Waals surface area contributed by atoms with Gasteiger partial charge in [0.15, 0.2) is 0 Å². The molecule has 0 radical (unpaired) electrons. The maximum Gasteiger partial charge on any atom is 0.346 e.